The third-order valence-electron chi connectivity index (χ3n) is 5.83. The number of carbonyl (C=O) groups excluding carboxylic acids is 3. The summed E-state index contributed by atoms with van der Waals surface area (Å²) in [6.07, 6.45) is 3.76. The average Bonchev–Trinajstić information content (AvgIpc) is 3.32. The number of para-hydroxylation sites is 1. The molecule has 2 aliphatic rings. The minimum Gasteiger partial charge on any atom is -0.378 e. The molecule has 2 fully saturated rings. The standard InChI is InChI=1S/C25H23N3O4S/c29-23(26-10-12-32-13-11-26)17-28-24(30)22(33-25(28)31)14-19-16-27(15-18-6-2-1-3-7-18)21-9-5-4-8-20(19)21/h1-9,14,16H,10-13,15,17H2. The number of rotatable bonds is 5. The van der Waals surface area contributed by atoms with E-state index < -0.39 is 11.1 Å². The van der Waals surface area contributed by atoms with Gasteiger partial charge in [0, 0.05) is 42.3 Å². The van der Waals surface area contributed by atoms with Crippen molar-refractivity contribution in [3.63, 3.8) is 0 Å². The third-order valence-corrected chi connectivity index (χ3v) is 6.74. The smallest absolute Gasteiger partial charge is 0.294 e. The maximum atomic E-state index is 13.0. The number of hydrogen-bond acceptors (Lipinski definition) is 5. The number of amides is 3. The molecule has 2 aliphatic heterocycles. The van der Waals surface area contributed by atoms with Gasteiger partial charge in [0.05, 0.1) is 18.1 Å². The molecule has 7 nitrogen and oxygen atoms in total. The highest BCUT2D eigenvalue weighted by Crippen LogP contribution is 2.34. The number of nitrogens with zero attached hydrogens (tertiary/aromatic N) is 3. The van der Waals surface area contributed by atoms with E-state index in [0.717, 1.165) is 33.1 Å². The number of imide groups is 1. The Bertz CT molecular complexity index is 1250. The Hall–Kier alpha value is -3.36. The molecule has 3 heterocycles. The first kappa shape index (κ1) is 21.5. The summed E-state index contributed by atoms with van der Waals surface area (Å²) >= 11 is 0.881. The SMILES string of the molecule is O=C(CN1C(=O)SC(=Cc2cn(Cc3ccccc3)c3ccccc23)C1=O)N1CCOCC1. The monoisotopic (exact) mass is 461 g/mol. The van der Waals surface area contributed by atoms with Crippen LogP contribution in [0.25, 0.3) is 17.0 Å². The van der Waals surface area contributed by atoms with Crippen LogP contribution in [0.4, 0.5) is 4.79 Å². The van der Waals surface area contributed by atoms with Crippen LogP contribution in [0.15, 0.2) is 65.7 Å². The van der Waals surface area contributed by atoms with Gasteiger partial charge in [0.2, 0.25) is 5.91 Å². The van der Waals surface area contributed by atoms with Gasteiger partial charge in [0.1, 0.15) is 6.54 Å². The van der Waals surface area contributed by atoms with Gasteiger partial charge in [0.15, 0.2) is 0 Å². The van der Waals surface area contributed by atoms with Crippen LogP contribution >= 0.6 is 11.8 Å². The van der Waals surface area contributed by atoms with Crippen LogP contribution in [-0.2, 0) is 20.9 Å². The van der Waals surface area contributed by atoms with E-state index >= 15 is 0 Å². The van der Waals surface area contributed by atoms with Crippen LogP contribution in [0.3, 0.4) is 0 Å². The molecule has 168 valence electrons. The van der Waals surface area contributed by atoms with Gasteiger partial charge in [-0.3, -0.25) is 19.3 Å². The van der Waals surface area contributed by atoms with Gasteiger partial charge in [-0.1, -0.05) is 48.5 Å². The quantitative estimate of drug-likeness (QED) is 0.543. The molecule has 1 aromatic heterocycles. The van der Waals surface area contributed by atoms with E-state index in [1.54, 1.807) is 11.0 Å². The Morgan fingerprint density at radius 1 is 1.00 bits per heavy atom. The first-order valence-corrected chi connectivity index (χ1v) is 11.6. The molecule has 0 spiro atoms. The maximum absolute atomic E-state index is 13.0. The average molecular weight is 462 g/mol. The molecule has 0 N–H and O–H groups in total. The van der Waals surface area contributed by atoms with Crippen LogP contribution in [-0.4, -0.2) is 64.3 Å². The van der Waals surface area contributed by atoms with E-state index in [9.17, 15) is 14.4 Å². The van der Waals surface area contributed by atoms with Crippen LogP contribution in [0, 0.1) is 0 Å². The summed E-state index contributed by atoms with van der Waals surface area (Å²) in [4.78, 5) is 41.1. The van der Waals surface area contributed by atoms with Crippen LogP contribution < -0.4 is 0 Å². The molecule has 0 aliphatic carbocycles. The van der Waals surface area contributed by atoms with Crippen molar-refractivity contribution in [2.24, 2.45) is 0 Å². The van der Waals surface area contributed by atoms with E-state index in [-0.39, 0.29) is 12.5 Å². The van der Waals surface area contributed by atoms with Crippen molar-refractivity contribution in [2.75, 3.05) is 32.8 Å². The lowest BCUT2D eigenvalue weighted by Gasteiger charge is -2.28. The van der Waals surface area contributed by atoms with E-state index in [4.69, 9.17) is 4.74 Å². The summed E-state index contributed by atoms with van der Waals surface area (Å²) in [6, 6.07) is 18.2. The lowest BCUT2D eigenvalue weighted by atomic mass is 10.1. The van der Waals surface area contributed by atoms with Crippen molar-refractivity contribution < 1.29 is 19.1 Å². The molecule has 0 bridgehead atoms. The van der Waals surface area contributed by atoms with E-state index in [0.29, 0.717) is 37.8 Å². The van der Waals surface area contributed by atoms with Gasteiger partial charge in [-0.25, -0.2) is 0 Å². The number of aromatic nitrogens is 1. The normalized spacial score (nSPS) is 18.0. The Morgan fingerprint density at radius 2 is 1.73 bits per heavy atom. The zero-order valence-corrected chi connectivity index (χ0v) is 18.8. The fraction of sp³-hybridized carbons (Fsp3) is 0.240. The van der Waals surface area contributed by atoms with Crippen molar-refractivity contribution in [1.82, 2.24) is 14.4 Å². The van der Waals surface area contributed by atoms with Crippen molar-refractivity contribution in [3.05, 3.63) is 76.8 Å². The lowest BCUT2D eigenvalue weighted by Crippen LogP contribution is -2.46. The number of carbonyl (C=O) groups is 3. The van der Waals surface area contributed by atoms with Crippen LogP contribution in [0.2, 0.25) is 0 Å². The fourth-order valence-corrected chi connectivity index (χ4v) is 4.96. The highest BCUT2D eigenvalue weighted by molar-refractivity contribution is 8.18. The molecule has 3 amide bonds. The number of fused-ring (bicyclic) bond motifs is 1. The van der Waals surface area contributed by atoms with Gasteiger partial charge in [-0.2, -0.15) is 0 Å². The molecule has 2 aromatic carbocycles. The van der Waals surface area contributed by atoms with E-state index in [1.807, 2.05) is 48.7 Å². The molecular weight excluding hydrogens is 438 g/mol. The first-order valence-electron chi connectivity index (χ1n) is 10.8. The Labute approximate surface area is 195 Å². The molecule has 33 heavy (non-hydrogen) atoms. The molecule has 0 unspecified atom stereocenters. The number of thioether (sulfide) groups is 1. The summed E-state index contributed by atoms with van der Waals surface area (Å²) in [7, 11) is 0. The summed E-state index contributed by atoms with van der Waals surface area (Å²) in [5.41, 5.74) is 3.09. The molecule has 5 rings (SSSR count). The van der Waals surface area contributed by atoms with Gasteiger partial charge >= 0.3 is 0 Å². The highest BCUT2D eigenvalue weighted by Gasteiger charge is 2.37. The second-order valence-corrected chi connectivity index (χ2v) is 8.97. The zero-order chi connectivity index (χ0) is 22.8. The predicted molar refractivity (Wildman–Crippen MR) is 128 cm³/mol. The molecule has 2 saturated heterocycles. The Balaban J connectivity index is 1.40. The molecule has 8 heteroatoms. The fourth-order valence-electron chi connectivity index (χ4n) is 4.13. The van der Waals surface area contributed by atoms with Crippen molar-refractivity contribution in [1.29, 1.82) is 0 Å². The molecule has 0 radical (unpaired) electrons. The number of benzene rings is 2. The summed E-state index contributed by atoms with van der Waals surface area (Å²) in [5, 5.41) is 0.588. The summed E-state index contributed by atoms with van der Waals surface area (Å²) in [5.74, 6) is -0.659. The summed E-state index contributed by atoms with van der Waals surface area (Å²) in [6.45, 7) is 2.36. The highest BCUT2D eigenvalue weighted by atomic mass is 32.2. The Morgan fingerprint density at radius 3 is 2.52 bits per heavy atom. The minimum atomic E-state index is -0.425. The van der Waals surface area contributed by atoms with E-state index in [2.05, 4.69) is 16.7 Å². The molecule has 3 aromatic rings. The van der Waals surface area contributed by atoms with Gasteiger partial charge in [0.25, 0.3) is 11.1 Å². The van der Waals surface area contributed by atoms with Crippen molar-refractivity contribution in [3.8, 4) is 0 Å². The van der Waals surface area contributed by atoms with E-state index in [1.165, 1.54) is 5.56 Å². The topological polar surface area (TPSA) is 71.9 Å². The van der Waals surface area contributed by atoms with Crippen molar-refractivity contribution >= 4 is 45.8 Å². The molecular formula is C25H23N3O4S. The van der Waals surface area contributed by atoms with Crippen molar-refractivity contribution in [2.45, 2.75) is 6.54 Å². The number of morpholine rings is 1. The molecule has 0 saturated carbocycles. The van der Waals surface area contributed by atoms with Crippen LogP contribution in [0.5, 0.6) is 0 Å². The third kappa shape index (κ3) is 4.44. The predicted octanol–water partition coefficient (Wildman–Crippen LogP) is 3.58. The van der Waals surface area contributed by atoms with Gasteiger partial charge < -0.3 is 14.2 Å². The number of hydrogen-bond donors (Lipinski definition) is 0. The lowest BCUT2D eigenvalue weighted by molar-refractivity contribution is -0.139. The van der Waals surface area contributed by atoms with Gasteiger partial charge in [-0.05, 0) is 29.5 Å². The Kier molecular flexibility index (Phi) is 6.02. The molecule has 0 atom stereocenters. The second kappa shape index (κ2) is 9.25. The minimum absolute atomic E-state index is 0.235. The summed E-state index contributed by atoms with van der Waals surface area (Å²) < 4.78 is 7.41. The second-order valence-electron chi connectivity index (χ2n) is 7.98. The number of ether oxygens (including phenoxy) is 1. The van der Waals surface area contributed by atoms with Gasteiger partial charge in [-0.15, -0.1) is 0 Å². The maximum Gasteiger partial charge on any atom is 0.294 e. The largest absolute Gasteiger partial charge is 0.378 e. The van der Waals surface area contributed by atoms with Crippen LogP contribution in [0.1, 0.15) is 11.1 Å². The first-order chi connectivity index (χ1) is 16.1. The zero-order valence-electron chi connectivity index (χ0n) is 18.0.